The largest absolute Gasteiger partial charge is 0.261 e. The van der Waals surface area contributed by atoms with Crippen molar-refractivity contribution in [1.82, 2.24) is 9.97 Å². The smallest absolute Gasteiger partial charge is 0.0717 e. The summed E-state index contributed by atoms with van der Waals surface area (Å²) in [6.45, 7) is 4.37. The predicted octanol–water partition coefficient (Wildman–Crippen LogP) is 7.02. The zero-order valence-corrected chi connectivity index (χ0v) is 16.6. The minimum atomic E-state index is 0.976. The van der Waals surface area contributed by atoms with Crippen molar-refractivity contribution in [3.8, 4) is 22.4 Å². The lowest BCUT2D eigenvalue weighted by molar-refractivity contribution is 0.605. The fourth-order valence-corrected chi connectivity index (χ4v) is 3.29. The van der Waals surface area contributed by atoms with E-state index in [0.717, 1.165) is 23.2 Å². The average Bonchev–Trinajstić information content (AvgIpc) is 2.72. The van der Waals surface area contributed by atoms with Crippen molar-refractivity contribution in [1.29, 1.82) is 0 Å². The molecule has 0 saturated carbocycles. The highest BCUT2D eigenvalue weighted by molar-refractivity contribution is 5.66. The monoisotopic (exact) mass is 358 g/mol. The Labute approximate surface area is 163 Å². The summed E-state index contributed by atoms with van der Waals surface area (Å²) in [5.41, 5.74) is 6.86. The molecule has 2 aromatic heterocycles. The van der Waals surface area contributed by atoms with Crippen LogP contribution in [0.2, 0.25) is 0 Å². The molecule has 0 radical (unpaired) electrons. The summed E-state index contributed by atoms with van der Waals surface area (Å²) in [5.74, 6) is 0. The second-order valence-electron chi connectivity index (χ2n) is 7.35. The van der Waals surface area contributed by atoms with E-state index in [-0.39, 0.29) is 0 Å². The number of pyridine rings is 2. The molecule has 0 aliphatic rings. The lowest BCUT2D eigenvalue weighted by Gasteiger charge is -2.06. The maximum absolute atomic E-state index is 4.64. The number of hydrogen-bond acceptors (Lipinski definition) is 2. The quantitative estimate of drug-likeness (QED) is 0.384. The standard InChI is InChI=1S/C25H30N2/c1-3-4-5-6-7-8-9-24-16-14-23(19-26-24)25-17-15-22(18-27-25)21-12-10-20(2)11-13-21/h10-19H,3-9H2,1-2H3. The second-order valence-corrected chi connectivity index (χ2v) is 7.35. The number of aryl methyl sites for hydroxylation is 2. The van der Waals surface area contributed by atoms with Gasteiger partial charge in [0.2, 0.25) is 0 Å². The number of rotatable bonds is 9. The van der Waals surface area contributed by atoms with Crippen LogP contribution in [0.3, 0.4) is 0 Å². The van der Waals surface area contributed by atoms with Crippen molar-refractivity contribution >= 4 is 0 Å². The van der Waals surface area contributed by atoms with Gasteiger partial charge in [-0.1, -0.05) is 74.9 Å². The van der Waals surface area contributed by atoms with E-state index in [9.17, 15) is 0 Å². The van der Waals surface area contributed by atoms with Gasteiger partial charge in [0.25, 0.3) is 0 Å². The number of aromatic nitrogens is 2. The first kappa shape index (κ1) is 19.3. The molecule has 0 bridgehead atoms. The summed E-state index contributed by atoms with van der Waals surface area (Å²) in [4.78, 5) is 9.28. The summed E-state index contributed by atoms with van der Waals surface area (Å²) >= 11 is 0. The molecule has 3 aromatic rings. The molecule has 1 aromatic carbocycles. The molecule has 0 saturated heterocycles. The normalized spacial score (nSPS) is 10.9. The van der Waals surface area contributed by atoms with E-state index in [4.69, 9.17) is 0 Å². The van der Waals surface area contributed by atoms with E-state index in [1.165, 1.54) is 55.3 Å². The Bertz CT molecular complexity index is 802. The molecule has 3 rings (SSSR count). The van der Waals surface area contributed by atoms with Crippen LogP contribution in [0.25, 0.3) is 22.4 Å². The van der Waals surface area contributed by atoms with Gasteiger partial charge in [0.15, 0.2) is 0 Å². The summed E-state index contributed by atoms with van der Waals surface area (Å²) in [7, 11) is 0. The van der Waals surface area contributed by atoms with Crippen LogP contribution in [0, 0.1) is 6.92 Å². The van der Waals surface area contributed by atoms with Gasteiger partial charge in [0, 0.05) is 29.2 Å². The molecule has 2 heterocycles. The predicted molar refractivity (Wildman–Crippen MR) is 115 cm³/mol. The van der Waals surface area contributed by atoms with Crippen molar-refractivity contribution in [2.24, 2.45) is 0 Å². The second kappa shape index (κ2) is 10.0. The Hall–Kier alpha value is -2.48. The molecule has 0 atom stereocenters. The number of benzene rings is 1. The van der Waals surface area contributed by atoms with Gasteiger partial charge in [0.1, 0.15) is 0 Å². The Kier molecular flexibility index (Phi) is 7.15. The van der Waals surface area contributed by atoms with E-state index in [2.05, 4.69) is 72.3 Å². The van der Waals surface area contributed by atoms with Crippen LogP contribution in [0.4, 0.5) is 0 Å². The average molecular weight is 359 g/mol. The molecule has 0 fully saturated rings. The first-order chi connectivity index (χ1) is 13.3. The van der Waals surface area contributed by atoms with Crippen LogP contribution in [0.1, 0.15) is 56.7 Å². The van der Waals surface area contributed by atoms with Crippen LogP contribution < -0.4 is 0 Å². The molecule has 0 unspecified atom stereocenters. The highest BCUT2D eigenvalue weighted by Crippen LogP contribution is 2.23. The topological polar surface area (TPSA) is 25.8 Å². The molecule has 0 amide bonds. The SMILES string of the molecule is CCCCCCCCc1ccc(-c2ccc(-c3ccc(C)cc3)cn2)cn1. The molecule has 0 aliphatic heterocycles. The Balaban J connectivity index is 1.56. The van der Waals surface area contributed by atoms with Gasteiger partial charge in [-0.2, -0.15) is 0 Å². The van der Waals surface area contributed by atoms with Gasteiger partial charge >= 0.3 is 0 Å². The van der Waals surface area contributed by atoms with Gasteiger partial charge in [-0.25, -0.2) is 0 Å². The first-order valence-corrected chi connectivity index (χ1v) is 10.2. The van der Waals surface area contributed by atoms with Crippen molar-refractivity contribution in [2.75, 3.05) is 0 Å². The van der Waals surface area contributed by atoms with Gasteiger partial charge in [-0.3, -0.25) is 9.97 Å². The number of unbranched alkanes of at least 4 members (excludes halogenated alkanes) is 5. The first-order valence-electron chi connectivity index (χ1n) is 10.2. The van der Waals surface area contributed by atoms with Crippen molar-refractivity contribution in [3.05, 3.63) is 72.2 Å². The van der Waals surface area contributed by atoms with Gasteiger partial charge < -0.3 is 0 Å². The van der Waals surface area contributed by atoms with Gasteiger partial charge in [0.05, 0.1) is 5.69 Å². The van der Waals surface area contributed by atoms with Crippen LogP contribution >= 0.6 is 0 Å². The lowest BCUT2D eigenvalue weighted by atomic mass is 10.0. The summed E-state index contributed by atoms with van der Waals surface area (Å²) in [6.07, 6.45) is 12.9. The number of nitrogens with zero attached hydrogens (tertiary/aromatic N) is 2. The molecule has 2 heteroatoms. The van der Waals surface area contributed by atoms with Crippen molar-refractivity contribution in [2.45, 2.75) is 58.8 Å². The molecule has 0 aliphatic carbocycles. The van der Waals surface area contributed by atoms with Gasteiger partial charge in [-0.05, 0) is 43.5 Å². The van der Waals surface area contributed by atoms with Crippen LogP contribution in [-0.2, 0) is 6.42 Å². The summed E-state index contributed by atoms with van der Waals surface area (Å²) < 4.78 is 0. The molecule has 0 N–H and O–H groups in total. The van der Waals surface area contributed by atoms with Crippen LogP contribution in [0.15, 0.2) is 60.9 Å². The summed E-state index contributed by atoms with van der Waals surface area (Å²) in [6, 6.07) is 17.1. The molecule has 140 valence electrons. The fourth-order valence-electron chi connectivity index (χ4n) is 3.29. The maximum atomic E-state index is 4.64. The molecule has 0 spiro atoms. The van der Waals surface area contributed by atoms with Crippen molar-refractivity contribution < 1.29 is 0 Å². The Morgan fingerprint density at radius 3 is 1.96 bits per heavy atom. The highest BCUT2D eigenvalue weighted by Gasteiger charge is 2.03. The maximum Gasteiger partial charge on any atom is 0.0717 e. The van der Waals surface area contributed by atoms with E-state index < -0.39 is 0 Å². The minimum Gasteiger partial charge on any atom is -0.261 e. The third-order valence-electron chi connectivity index (χ3n) is 5.06. The fraction of sp³-hybridized carbons (Fsp3) is 0.360. The third kappa shape index (κ3) is 5.75. The lowest BCUT2D eigenvalue weighted by Crippen LogP contribution is -1.92. The number of hydrogen-bond donors (Lipinski definition) is 0. The molecular weight excluding hydrogens is 328 g/mol. The third-order valence-corrected chi connectivity index (χ3v) is 5.06. The minimum absolute atomic E-state index is 0.976. The van der Waals surface area contributed by atoms with E-state index in [1.54, 1.807) is 0 Å². The van der Waals surface area contributed by atoms with E-state index in [0.29, 0.717) is 0 Å². The van der Waals surface area contributed by atoms with Crippen LogP contribution in [-0.4, -0.2) is 9.97 Å². The Morgan fingerprint density at radius 1 is 0.630 bits per heavy atom. The van der Waals surface area contributed by atoms with Gasteiger partial charge in [-0.15, -0.1) is 0 Å². The molecular formula is C25H30N2. The molecule has 2 nitrogen and oxygen atoms in total. The zero-order valence-electron chi connectivity index (χ0n) is 16.6. The molecule has 27 heavy (non-hydrogen) atoms. The zero-order chi connectivity index (χ0) is 18.9. The Morgan fingerprint density at radius 2 is 1.30 bits per heavy atom. The summed E-state index contributed by atoms with van der Waals surface area (Å²) in [5, 5.41) is 0. The van der Waals surface area contributed by atoms with E-state index in [1.807, 2.05) is 12.4 Å². The highest BCUT2D eigenvalue weighted by atomic mass is 14.7. The van der Waals surface area contributed by atoms with Crippen molar-refractivity contribution in [3.63, 3.8) is 0 Å². The van der Waals surface area contributed by atoms with E-state index >= 15 is 0 Å². The van der Waals surface area contributed by atoms with Crippen LogP contribution in [0.5, 0.6) is 0 Å².